The summed E-state index contributed by atoms with van der Waals surface area (Å²) in [7, 11) is -3.67. The van der Waals surface area contributed by atoms with E-state index >= 15 is 0 Å². The fourth-order valence-electron chi connectivity index (χ4n) is 0.961. The standard InChI is InChI=1S/C9H15N3O3S/c1-7(10)8(13)6-12-16(14,15)9-4-2-3-5-11-9/h2-5,7-8,12-13H,6,10H2,1H3. The van der Waals surface area contributed by atoms with Crippen molar-refractivity contribution < 1.29 is 13.5 Å². The number of nitrogens with two attached hydrogens (primary N) is 1. The van der Waals surface area contributed by atoms with Crippen molar-refractivity contribution in [3.8, 4) is 0 Å². The van der Waals surface area contributed by atoms with Gasteiger partial charge in [-0.2, -0.15) is 0 Å². The van der Waals surface area contributed by atoms with Crippen molar-refractivity contribution in [3.63, 3.8) is 0 Å². The van der Waals surface area contributed by atoms with Gasteiger partial charge in [0.15, 0.2) is 5.03 Å². The summed E-state index contributed by atoms with van der Waals surface area (Å²) in [6.07, 6.45) is 0.467. The van der Waals surface area contributed by atoms with Crippen LogP contribution in [0.4, 0.5) is 0 Å². The Morgan fingerprint density at radius 2 is 2.25 bits per heavy atom. The molecule has 1 heterocycles. The summed E-state index contributed by atoms with van der Waals surface area (Å²) in [6.45, 7) is 1.47. The molecule has 0 aliphatic rings. The van der Waals surface area contributed by atoms with Crippen LogP contribution < -0.4 is 10.5 Å². The summed E-state index contributed by atoms with van der Waals surface area (Å²) in [5, 5.41) is 9.29. The van der Waals surface area contributed by atoms with Gasteiger partial charge in [-0.1, -0.05) is 6.07 Å². The van der Waals surface area contributed by atoms with E-state index in [1.165, 1.54) is 12.3 Å². The van der Waals surface area contributed by atoms with E-state index in [2.05, 4.69) is 9.71 Å². The lowest BCUT2D eigenvalue weighted by atomic mass is 10.2. The highest BCUT2D eigenvalue weighted by Crippen LogP contribution is 2.03. The minimum Gasteiger partial charge on any atom is -0.390 e. The third kappa shape index (κ3) is 3.53. The summed E-state index contributed by atoms with van der Waals surface area (Å²) in [4.78, 5) is 3.71. The Hall–Kier alpha value is -1.02. The quantitative estimate of drug-likeness (QED) is 0.621. The van der Waals surface area contributed by atoms with Gasteiger partial charge in [0.25, 0.3) is 10.0 Å². The Morgan fingerprint density at radius 3 is 2.75 bits per heavy atom. The second-order valence-corrected chi connectivity index (χ2v) is 5.16. The van der Waals surface area contributed by atoms with Gasteiger partial charge in [0.05, 0.1) is 6.10 Å². The molecule has 16 heavy (non-hydrogen) atoms. The van der Waals surface area contributed by atoms with Crippen molar-refractivity contribution in [3.05, 3.63) is 24.4 Å². The lowest BCUT2D eigenvalue weighted by molar-refractivity contribution is 0.155. The van der Waals surface area contributed by atoms with E-state index in [0.717, 1.165) is 0 Å². The number of nitrogens with zero attached hydrogens (tertiary/aromatic N) is 1. The average Bonchev–Trinajstić information content (AvgIpc) is 2.27. The number of aromatic nitrogens is 1. The second-order valence-electron chi connectivity index (χ2n) is 3.45. The van der Waals surface area contributed by atoms with Crippen LogP contribution in [-0.4, -0.2) is 37.2 Å². The maximum absolute atomic E-state index is 11.6. The molecular weight excluding hydrogens is 230 g/mol. The van der Waals surface area contributed by atoms with Gasteiger partial charge < -0.3 is 10.8 Å². The Morgan fingerprint density at radius 1 is 1.56 bits per heavy atom. The van der Waals surface area contributed by atoms with Crippen LogP contribution in [0.5, 0.6) is 0 Å². The molecular formula is C9H15N3O3S. The van der Waals surface area contributed by atoms with Crippen molar-refractivity contribution in [1.82, 2.24) is 9.71 Å². The van der Waals surface area contributed by atoms with Crippen LogP contribution >= 0.6 is 0 Å². The largest absolute Gasteiger partial charge is 0.390 e. The van der Waals surface area contributed by atoms with E-state index < -0.39 is 22.2 Å². The first-order chi connectivity index (χ1) is 7.43. The summed E-state index contributed by atoms with van der Waals surface area (Å²) >= 11 is 0. The van der Waals surface area contributed by atoms with Gasteiger partial charge in [-0.05, 0) is 19.1 Å². The van der Waals surface area contributed by atoms with E-state index in [-0.39, 0.29) is 11.6 Å². The highest BCUT2D eigenvalue weighted by molar-refractivity contribution is 7.89. The third-order valence-electron chi connectivity index (χ3n) is 2.00. The Labute approximate surface area is 94.6 Å². The lowest BCUT2D eigenvalue weighted by Crippen LogP contribution is -2.41. The summed E-state index contributed by atoms with van der Waals surface area (Å²) in [6, 6.07) is 4.08. The first-order valence-corrected chi connectivity index (χ1v) is 6.26. The zero-order chi connectivity index (χ0) is 12.2. The van der Waals surface area contributed by atoms with Crippen molar-refractivity contribution in [1.29, 1.82) is 0 Å². The lowest BCUT2D eigenvalue weighted by Gasteiger charge is -2.14. The SMILES string of the molecule is CC(N)C(O)CNS(=O)(=O)c1ccccn1. The van der Waals surface area contributed by atoms with Crippen molar-refractivity contribution >= 4 is 10.0 Å². The van der Waals surface area contributed by atoms with E-state index in [4.69, 9.17) is 5.73 Å². The zero-order valence-electron chi connectivity index (χ0n) is 8.87. The van der Waals surface area contributed by atoms with Crippen molar-refractivity contribution in [2.45, 2.75) is 24.1 Å². The van der Waals surface area contributed by atoms with Gasteiger partial charge in [0.1, 0.15) is 0 Å². The summed E-state index contributed by atoms with van der Waals surface area (Å²) < 4.78 is 25.5. The number of nitrogens with one attached hydrogen (secondary N) is 1. The molecule has 0 aliphatic heterocycles. The molecule has 2 unspecified atom stereocenters. The predicted octanol–water partition coefficient (Wildman–Crippen LogP) is -0.932. The zero-order valence-corrected chi connectivity index (χ0v) is 9.68. The van der Waals surface area contributed by atoms with Crippen LogP contribution in [0, 0.1) is 0 Å². The van der Waals surface area contributed by atoms with Crippen molar-refractivity contribution in [2.24, 2.45) is 5.73 Å². The van der Waals surface area contributed by atoms with Gasteiger partial charge in [-0.15, -0.1) is 0 Å². The molecule has 0 aliphatic carbocycles. The van der Waals surface area contributed by atoms with Crippen LogP contribution in [0.25, 0.3) is 0 Å². The number of hydrogen-bond acceptors (Lipinski definition) is 5. The predicted molar refractivity (Wildman–Crippen MR) is 59.1 cm³/mol. The average molecular weight is 245 g/mol. The molecule has 6 nitrogen and oxygen atoms in total. The molecule has 0 bridgehead atoms. The monoisotopic (exact) mass is 245 g/mol. The number of sulfonamides is 1. The molecule has 0 radical (unpaired) electrons. The number of hydrogen-bond donors (Lipinski definition) is 3. The Balaban J connectivity index is 2.67. The molecule has 7 heteroatoms. The fraction of sp³-hybridized carbons (Fsp3) is 0.444. The normalized spacial score (nSPS) is 15.7. The topological polar surface area (TPSA) is 105 Å². The number of aliphatic hydroxyl groups excluding tert-OH is 1. The number of pyridine rings is 1. The minimum atomic E-state index is -3.67. The summed E-state index contributed by atoms with van der Waals surface area (Å²) in [5.74, 6) is 0. The fourth-order valence-corrected chi connectivity index (χ4v) is 1.96. The van der Waals surface area contributed by atoms with E-state index in [1.807, 2.05) is 0 Å². The molecule has 90 valence electrons. The van der Waals surface area contributed by atoms with E-state index in [9.17, 15) is 13.5 Å². The van der Waals surface area contributed by atoms with Gasteiger partial charge in [-0.3, -0.25) is 0 Å². The third-order valence-corrected chi connectivity index (χ3v) is 3.34. The number of aliphatic hydroxyl groups is 1. The first-order valence-electron chi connectivity index (χ1n) is 4.78. The van der Waals surface area contributed by atoms with Gasteiger partial charge in [0.2, 0.25) is 0 Å². The molecule has 4 N–H and O–H groups in total. The Kier molecular flexibility index (Phi) is 4.36. The van der Waals surface area contributed by atoms with Crippen molar-refractivity contribution in [2.75, 3.05) is 6.54 Å². The van der Waals surface area contributed by atoms with E-state index in [0.29, 0.717) is 0 Å². The first kappa shape index (κ1) is 13.0. The molecule has 0 spiro atoms. The molecule has 0 saturated heterocycles. The molecule has 2 atom stereocenters. The van der Waals surface area contributed by atoms with Crippen LogP contribution in [-0.2, 0) is 10.0 Å². The molecule has 1 aromatic heterocycles. The van der Waals surface area contributed by atoms with Gasteiger partial charge in [-0.25, -0.2) is 18.1 Å². The second kappa shape index (κ2) is 5.35. The molecule has 0 aromatic carbocycles. The smallest absolute Gasteiger partial charge is 0.258 e. The molecule has 0 amide bonds. The molecule has 0 saturated carbocycles. The Bertz CT molecular complexity index is 419. The highest BCUT2D eigenvalue weighted by Gasteiger charge is 2.18. The van der Waals surface area contributed by atoms with Gasteiger partial charge in [0, 0.05) is 18.8 Å². The molecule has 1 aromatic rings. The van der Waals surface area contributed by atoms with Crippen LogP contribution in [0.1, 0.15) is 6.92 Å². The van der Waals surface area contributed by atoms with E-state index in [1.54, 1.807) is 19.1 Å². The molecule has 1 rings (SSSR count). The maximum Gasteiger partial charge on any atom is 0.258 e. The van der Waals surface area contributed by atoms with Crippen LogP contribution in [0.2, 0.25) is 0 Å². The summed E-state index contributed by atoms with van der Waals surface area (Å²) in [5.41, 5.74) is 5.40. The molecule has 0 fully saturated rings. The van der Waals surface area contributed by atoms with Gasteiger partial charge >= 0.3 is 0 Å². The van der Waals surface area contributed by atoms with Crippen LogP contribution in [0.3, 0.4) is 0 Å². The maximum atomic E-state index is 11.6. The van der Waals surface area contributed by atoms with Crippen LogP contribution in [0.15, 0.2) is 29.4 Å². The minimum absolute atomic E-state index is 0.0770. The number of rotatable bonds is 5. The highest BCUT2D eigenvalue weighted by atomic mass is 32.2.